The molecule has 5 aromatic heterocycles. The summed E-state index contributed by atoms with van der Waals surface area (Å²) < 4.78 is 4.39. The second-order valence-electron chi connectivity index (χ2n) is 17.6. The molecule has 0 unspecified atom stereocenters. The highest BCUT2D eigenvalue weighted by molar-refractivity contribution is 8.00. The zero-order valence-electron chi connectivity index (χ0n) is 38.6. The Morgan fingerprint density at radius 1 is 1.00 bits per heavy atom. The van der Waals surface area contributed by atoms with Crippen molar-refractivity contribution in [1.82, 2.24) is 69.7 Å². The van der Waals surface area contributed by atoms with Gasteiger partial charge in [0.25, 0.3) is 5.91 Å². The summed E-state index contributed by atoms with van der Waals surface area (Å²) in [6, 6.07) is 15.6. The van der Waals surface area contributed by atoms with E-state index < -0.39 is 5.54 Å². The van der Waals surface area contributed by atoms with Crippen molar-refractivity contribution in [2.75, 3.05) is 64.3 Å². The van der Waals surface area contributed by atoms with E-state index in [9.17, 15) is 14.4 Å². The number of thioether (sulfide) groups is 1. The van der Waals surface area contributed by atoms with Crippen molar-refractivity contribution in [3.63, 3.8) is 0 Å². The van der Waals surface area contributed by atoms with Crippen LogP contribution in [0, 0.1) is 6.92 Å². The number of nitrogens with two attached hydrogens (primary N) is 1. The number of halogens is 1. The molecule has 0 bridgehead atoms. The maximum absolute atomic E-state index is 13.9. The van der Waals surface area contributed by atoms with E-state index in [1.54, 1.807) is 47.2 Å². The summed E-state index contributed by atoms with van der Waals surface area (Å²) in [5, 5.41) is 22.2. The Bertz CT molecular complexity index is 2850. The van der Waals surface area contributed by atoms with Crippen molar-refractivity contribution in [1.29, 1.82) is 0 Å². The Kier molecular flexibility index (Phi) is 14.9. The molecule has 1 atom stereocenters. The zero-order valence-corrected chi connectivity index (χ0v) is 41.0. The lowest BCUT2D eigenvalue weighted by molar-refractivity contribution is -0.133. The van der Waals surface area contributed by atoms with Crippen LogP contribution in [0.4, 0.5) is 5.82 Å². The Labute approximate surface area is 412 Å². The number of nitrogens with one attached hydrogen (secondary N) is 2. The predicted molar refractivity (Wildman–Crippen MR) is 265 cm³/mol. The predicted octanol–water partition coefficient (Wildman–Crippen LogP) is 4.94. The molecule has 0 aliphatic carbocycles. The molecule has 360 valence electrons. The van der Waals surface area contributed by atoms with Gasteiger partial charge in [0, 0.05) is 113 Å². The van der Waals surface area contributed by atoms with E-state index in [1.807, 2.05) is 58.4 Å². The highest BCUT2D eigenvalue weighted by Crippen LogP contribution is 2.31. The maximum atomic E-state index is 13.9. The number of aromatic amines is 1. The minimum Gasteiger partial charge on any atom is -0.356 e. The number of nitrogens with zero attached hydrogens (tertiary/aromatic N) is 13. The number of hydrogen-bond donors (Lipinski definition) is 3. The lowest BCUT2D eigenvalue weighted by atomic mass is 9.87. The van der Waals surface area contributed by atoms with Crippen LogP contribution in [0.25, 0.3) is 16.7 Å². The number of likely N-dealkylation sites (N-methyl/N-ethyl adjacent to an activating group) is 1. The third-order valence-corrected chi connectivity index (χ3v) is 15.4. The minimum absolute atomic E-state index is 0.0630. The topological polar surface area (TPSA) is 218 Å². The third kappa shape index (κ3) is 11.6. The number of carbonyl (C=O) groups excluding carboxylic acids is 3. The molecule has 4 N–H and O–H groups in total. The van der Waals surface area contributed by atoms with Crippen LogP contribution in [0.3, 0.4) is 0 Å². The van der Waals surface area contributed by atoms with Crippen molar-refractivity contribution in [3.05, 3.63) is 118 Å². The Hall–Kier alpha value is -6.26. The summed E-state index contributed by atoms with van der Waals surface area (Å²) in [6.07, 6.45) is 13.1. The van der Waals surface area contributed by atoms with E-state index >= 15 is 0 Å². The molecule has 22 heteroatoms. The van der Waals surface area contributed by atoms with Gasteiger partial charge in [0.1, 0.15) is 17.8 Å². The summed E-state index contributed by atoms with van der Waals surface area (Å²) in [5.74, 6) is 1.25. The number of H-pyrrole nitrogens is 1. The Balaban J connectivity index is 0.689. The smallest absolute Gasteiger partial charge is 0.284 e. The van der Waals surface area contributed by atoms with Crippen molar-refractivity contribution in [3.8, 4) is 5.69 Å². The van der Waals surface area contributed by atoms with Gasteiger partial charge in [-0.1, -0.05) is 58.1 Å². The van der Waals surface area contributed by atoms with Crippen LogP contribution >= 0.6 is 34.7 Å². The van der Waals surface area contributed by atoms with E-state index in [4.69, 9.17) is 17.3 Å². The van der Waals surface area contributed by atoms with Crippen LogP contribution in [-0.2, 0) is 28.3 Å². The van der Waals surface area contributed by atoms with Crippen LogP contribution in [0.5, 0.6) is 0 Å². The molecule has 7 aromatic rings. The molecule has 7 heterocycles. The fourth-order valence-electron chi connectivity index (χ4n) is 8.69. The number of imidazole rings is 1. The fraction of sp³-hybridized carbons (Fsp3) is 0.404. The largest absolute Gasteiger partial charge is 0.356 e. The van der Waals surface area contributed by atoms with Gasteiger partial charge in [0.15, 0.2) is 4.34 Å². The maximum Gasteiger partial charge on any atom is 0.284 e. The summed E-state index contributed by atoms with van der Waals surface area (Å²) in [5.41, 5.74) is 11.7. The van der Waals surface area contributed by atoms with E-state index in [2.05, 4.69) is 80.7 Å². The molecule has 2 aliphatic heterocycles. The number of amides is 3. The second-order valence-corrected chi connectivity index (χ2v) is 20.2. The molecule has 2 aromatic carbocycles. The van der Waals surface area contributed by atoms with Crippen LogP contribution in [-0.4, -0.2) is 147 Å². The van der Waals surface area contributed by atoms with Gasteiger partial charge in [-0.05, 0) is 73.2 Å². The van der Waals surface area contributed by atoms with Crippen LogP contribution in [0.2, 0.25) is 5.02 Å². The monoisotopic (exact) mass is 990 g/mol. The average molecular weight is 992 g/mol. The number of anilines is 1. The highest BCUT2D eigenvalue weighted by Gasteiger charge is 2.39. The Morgan fingerprint density at radius 3 is 2.58 bits per heavy atom. The van der Waals surface area contributed by atoms with E-state index in [0.29, 0.717) is 87.2 Å². The number of benzene rings is 2. The first-order chi connectivity index (χ1) is 33.5. The molecule has 19 nitrogen and oxygen atoms in total. The number of aromatic nitrogens is 10. The summed E-state index contributed by atoms with van der Waals surface area (Å²) in [6.45, 7) is 7.50. The summed E-state index contributed by atoms with van der Waals surface area (Å²) >= 11 is 9.10. The first-order valence-electron chi connectivity index (χ1n) is 23.0. The minimum atomic E-state index is -1.02. The molecule has 2 fully saturated rings. The number of aryl methyl sites for hydroxylation is 2. The van der Waals surface area contributed by atoms with Gasteiger partial charge < -0.3 is 35.3 Å². The van der Waals surface area contributed by atoms with E-state index in [0.717, 1.165) is 57.8 Å². The zero-order chi connectivity index (χ0) is 47.9. The molecule has 2 aliphatic rings. The van der Waals surface area contributed by atoms with Gasteiger partial charge in [-0.15, -0.1) is 15.3 Å². The fourth-order valence-corrected chi connectivity index (χ4v) is 10.7. The molecule has 69 heavy (non-hydrogen) atoms. The van der Waals surface area contributed by atoms with Gasteiger partial charge in [0.05, 0.1) is 35.5 Å². The molecule has 2 saturated heterocycles. The number of rotatable bonds is 18. The number of fused-ring (bicyclic) bond motifs is 1. The number of carbonyl (C=O) groups is 3. The Morgan fingerprint density at radius 2 is 1.81 bits per heavy atom. The molecular weight excluding hydrogens is 936 g/mol. The molecule has 0 radical (unpaired) electrons. The van der Waals surface area contributed by atoms with Crippen molar-refractivity contribution < 1.29 is 14.4 Å². The number of piperazine rings is 1. The molecule has 9 rings (SSSR count). The van der Waals surface area contributed by atoms with Crippen LogP contribution < -0.4 is 16.0 Å². The lowest BCUT2D eigenvalue weighted by Gasteiger charge is -2.39. The highest BCUT2D eigenvalue weighted by atomic mass is 35.5. The van der Waals surface area contributed by atoms with Gasteiger partial charge in [0.2, 0.25) is 16.8 Å². The van der Waals surface area contributed by atoms with Crippen LogP contribution in [0.15, 0.2) is 90.3 Å². The number of piperidine rings is 1. The first-order valence-corrected chi connectivity index (χ1v) is 25.2. The average Bonchev–Trinajstić information content (AvgIpc) is 4.23. The third-order valence-electron chi connectivity index (χ3n) is 13.0. The van der Waals surface area contributed by atoms with Gasteiger partial charge in [-0.25, -0.2) is 15.0 Å². The molecular formula is C47H55ClN16O3S2. The first kappa shape index (κ1) is 47.8. The van der Waals surface area contributed by atoms with Crippen LogP contribution in [0.1, 0.15) is 63.9 Å². The second kappa shape index (κ2) is 21.6. The van der Waals surface area contributed by atoms with Gasteiger partial charge >= 0.3 is 0 Å². The molecule has 0 spiro atoms. The van der Waals surface area contributed by atoms with Gasteiger partial charge in [-0.3, -0.25) is 24.0 Å². The molecule has 3 amide bonds. The van der Waals surface area contributed by atoms with Crippen molar-refractivity contribution in [2.45, 2.75) is 67.2 Å². The van der Waals surface area contributed by atoms with Crippen molar-refractivity contribution >= 4 is 69.3 Å². The van der Waals surface area contributed by atoms with E-state index in [-0.39, 0.29) is 23.8 Å². The number of hydrogen-bond acceptors (Lipinski definition) is 15. The standard InChI is InChI=1S/C47H55ClN16O3S2/c1-32-27-37(63-22-16-50-31-63)8-5-34(32)29-68-46-57-56-43(69-46)44(66)59(2)17-10-36-28-64(58-55-36)19-12-40(65)61-25-23-60(24-26-61)18-11-39(33-3-6-35(48)7-4-33)54-45(67)47(49)13-20-62(21-14-47)42-38-9-15-51-41(38)52-30-53-42/h3-9,15-16,22,27-28,30-31,39H,10-14,17-21,23-26,29,49H2,1-2H3,(H,54,67)(H,51,52,53)/t39-/m0/s1. The van der Waals surface area contributed by atoms with E-state index in [1.165, 1.54) is 22.5 Å². The molecule has 0 saturated carbocycles. The van der Waals surface area contributed by atoms with Crippen molar-refractivity contribution in [2.24, 2.45) is 5.73 Å². The normalized spacial score (nSPS) is 15.7. The summed E-state index contributed by atoms with van der Waals surface area (Å²) in [7, 11) is 1.74. The van der Waals surface area contributed by atoms with Gasteiger partial charge in [-0.2, -0.15) is 0 Å². The lowest BCUT2D eigenvalue weighted by Crippen LogP contribution is -2.60. The quantitative estimate of drug-likeness (QED) is 0.0972. The summed E-state index contributed by atoms with van der Waals surface area (Å²) in [4.78, 5) is 64.6. The SMILES string of the molecule is Cc1cc(-n2ccnc2)ccc1CSc1nnc(C(=O)N(C)CCc2cn(CCC(=O)N3CCN(CC[C@H](NC(=O)C4(N)CCN(c5ncnc6[nH]ccc56)CC4)c4ccc(Cl)cc4)CC3)nn2)s1.